The number of benzene rings is 2. The Hall–Kier alpha value is -2.46. The second-order valence-electron chi connectivity index (χ2n) is 5.91. The van der Waals surface area contributed by atoms with E-state index in [1.807, 2.05) is 61.8 Å². The molecule has 0 spiro atoms. The summed E-state index contributed by atoms with van der Waals surface area (Å²) in [6.45, 7) is 4.08. The van der Waals surface area contributed by atoms with E-state index in [1.165, 1.54) is 16.9 Å². The van der Waals surface area contributed by atoms with Gasteiger partial charge in [0.15, 0.2) is 0 Å². The van der Waals surface area contributed by atoms with Crippen LogP contribution in [0.1, 0.15) is 34.6 Å². The molecule has 2 aromatic carbocycles. The van der Waals surface area contributed by atoms with Gasteiger partial charge in [0.25, 0.3) is 5.91 Å². The predicted molar refractivity (Wildman–Crippen MR) is 99.2 cm³/mol. The summed E-state index contributed by atoms with van der Waals surface area (Å²) in [6, 6.07) is 18.2. The van der Waals surface area contributed by atoms with E-state index in [1.54, 1.807) is 4.90 Å². The number of carbonyl (C=O) groups excluding carboxylic acids is 1. The van der Waals surface area contributed by atoms with Crippen LogP contribution in [-0.4, -0.2) is 22.8 Å². The number of aryl methyl sites for hydroxylation is 1. The molecule has 0 fully saturated rings. The number of nitrogens with zero attached hydrogens (tertiary/aromatic N) is 2. The summed E-state index contributed by atoms with van der Waals surface area (Å²) in [6.07, 6.45) is 0. The minimum absolute atomic E-state index is 0.00299. The topological polar surface area (TPSA) is 33.2 Å². The molecule has 0 saturated heterocycles. The molecule has 0 aliphatic heterocycles. The standard InChI is InChI=1S/C20H20N2OS/c1-14-9-11-17(12-10-14)19-21-18(13-24-19)20(23)22(3)15(2)16-7-5-4-6-8-16/h4-13,15H,1-3H3/t15-/m1/s1. The summed E-state index contributed by atoms with van der Waals surface area (Å²) in [5, 5.41) is 2.71. The van der Waals surface area contributed by atoms with Gasteiger partial charge >= 0.3 is 0 Å². The van der Waals surface area contributed by atoms with Gasteiger partial charge in [0.2, 0.25) is 0 Å². The van der Waals surface area contributed by atoms with E-state index < -0.39 is 0 Å². The summed E-state index contributed by atoms with van der Waals surface area (Å²) in [4.78, 5) is 19.0. The maximum Gasteiger partial charge on any atom is 0.273 e. The minimum Gasteiger partial charge on any atom is -0.334 e. The molecule has 0 aliphatic rings. The molecule has 0 aliphatic carbocycles. The number of hydrogen-bond acceptors (Lipinski definition) is 3. The average molecular weight is 336 g/mol. The Morgan fingerprint density at radius 2 is 1.75 bits per heavy atom. The van der Waals surface area contributed by atoms with Gasteiger partial charge in [-0.25, -0.2) is 4.98 Å². The van der Waals surface area contributed by atoms with Crippen molar-refractivity contribution < 1.29 is 4.79 Å². The van der Waals surface area contributed by atoms with Crippen molar-refractivity contribution in [1.29, 1.82) is 0 Å². The second-order valence-corrected chi connectivity index (χ2v) is 6.76. The molecular weight excluding hydrogens is 316 g/mol. The number of amides is 1. The highest BCUT2D eigenvalue weighted by atomic mass is 32.1. The molecule has 24 heavy (non-hydrogen) atoms. The Morgan fingerprint density at radius 3 is 2.42 bits per heavy atom. The average Bonchev–Trinajstić information content (AvgIpc) is 3.11. The molecule has 3 rings (SSSR count). The third-order valence-electron chi connectivity index (χ3n) is 4.21. The molecule has 122 valence electrons. The number of rotatable bonds is 4. The Kier molecular flexibility index (Phi) is 4.76. The van der Waals surface area contributed by atoms with Crippen molar-refractivity contribution in [2.75, 3.05) is 7.05 Å². The van der Waals surface area contributed by atoms with E-state index in [0.717, 1.165) is 16.1 Å². The molecule has 0 radical (unpaired) electrons. The smallest absolute Gasteiger partial charge is 0.273 e. The highest BCUT2D eigenvalue weighted by molar-refractivity contribution is 7.13. The van der Waals surface area contributed by atoms with E-state index in [2.05, 4.69) is 24.0 Å². The minimum atomic E-state index is -0.0547. The van der Waals surface area contributed by atoms with Gasteiger partial charge in [0.05, 0.1) is 6.04 Å². The molecule has 1 heterocycles. The highest BCUT2D eigenvalue weighted by Gasteiger charge is 2.21. The number of thiazole rings is 1. The van der Waals surface area contributed by atoms with Crippen LogP contribution in [0.3, 0.4) is 0 Å². The van der Waals surface area contributed by atoms with Crippen LogP contribution < -0.4 is 0 Å². The van der Waals surface area contributed by atoms with Gasteiger partial charge in [-0.2, -0.15) is 0 Å². The molecular formula is C20H20N2OS. The second kappa shape index (κ2) is 6.97. The van der Waals surface area contributed by atoms with Crippen molar-refractivity contribution in [3.63, 3.8) is 0 Å². The van der Waals surface area contributed by atoms with Crippen molar-refractivity contribution in [3.05, 3.63) is 76.8 Å². The summed E-state index contributed by atoms with van der Waals surface area (Å²) >= 11 is 1.50. The summed E-state index contributed by atoms with van der Waals surface area (Å²) < 4.78 is 0. The Balaban J connectivity index is 1.79. The first-order valence-electron chi connectivity index (χ1n) is 7.91. The van der Waals surface area contributed by atoms with Crippen molar-refractivity contribution >= 4 is 17.2 Å². The van der Waals surface area contributed by atoms with E-state index >= 15 is 0 Å². The quantitative estimate of drug-likeness (QED) is 0.675. The van der Waals surface area contributed by atoms with Crippen LogP contribution >= 0.6 is 11.3 Å². The monoisotopic (exact) mass is 336 g/mol. The fourth-order valence-electron chi connectivity index (χ4n) is 2.51. The van der Waals surface area contributed by atoms with E-state index in [-0.39, 0.29) is 11.9 Å². The van der Waals surface area contributed by atoms with Crippen LogP contribution in [0.4, 0.5) is 0 Å². The Morgan fingerprint density at radius 1 is 1.08 bits per heavy atom. The molecule has 0 bridgehead atoms. The van der Waals surface area contributed by atoms with Gasteiger partial charge in [0, 0.05) is 18.0 Å². The summed E-state index contributed by atoms with van der Waals surface area (Å²) in [5.74, 6) is -0.0547. The predicted octanol–water partition coefficient (Wildman–Crippen LogP) is 4.95. The first-order valence-corrected chi connectivity index (χ1v) is 8.79. The van der Waals surface area contributed by atoms with Crippen LogP contribution in [0.5, 0.6) is 0 Å². The molecule has 4 heteroatoms. The first kappa shape index (κ1) is 16.4. The first-order chi connectivity index (χ1) is 11.6. The highest BCUT2D eigenvalue weighted by Crippen LogP contribution is 2.26. The Labute approximate surface area is 146 Å². The lowest BCUT2D eigenvalue weighted by Crippen LogP contribution is -2.29. The van der Waals surface area contributed by atoms with Crippen LogP contribution in [0.2, 0.25) is 0 Å². The van der Waals surface area contributed by atoms with Crippen LogP contribution in [0, 0.1) is 6.92 Å². The molecule has 1 atom stereocenters. The summed E-state index contributed by atoms with van der Waals surface area (Å²) in [7, 11) is 1.82. The van der Waals surface area contributed by atoms with Gasteiger partial charge in [-0.3, -0.25) is 4.79 Å². The zero-order valence-corrected chi connectivity index (χ0v) is 14.9. The molecule has 0 saturated carbocycles. The molecule has 0 unspecified atom stereocenters. The van der Waals surface area contributed by atoms with Crippen LogP contribution in [-0.2, 0) is 0 Å². The normalized spacial score (nSPS) is 12.0. The molecule has 1 aromatic heterocycles. The lowest BCUT2D eigenvalue weighted by molar-refractivity contribution is 0.0737. The van der Waals surface area contributed by atoms with Crippen molar-refractivity contribution in [1.82, 2.24) is 9.88 Å². The summed E-state index contributed by atoms with van der Waals surface area (Å²) in [5.41, 5.74) is 3.87. The lowest BCUT2D eigenvalue weighted by atomic mass is 10.1. The van der Waals surface area contributed by atoms with E-state index in [0.29, 0.717) is 5.69 Å². The molecule has 0 N–H and O–H groups in total. The number of hydrogen-bond donors (Lipinski definition) is 0. The largest absolute Gasteiger partial charge is 0.334 e. The molecule has 3 nitrogen and oxygen atoms in total. The van der Waals surface area contributed by atoms with Gasteiger partial charge in [-0.05, 0) is 19.4 Å². The number of carbonyl (C=O) groups is 1. The van der Waals surface area contributed by atoms with Gasteiger partial charge in [-0.15, -0.1) is 11.3 Å². The van der Waals surface area contributed by atoms with Crippen LogP contribution in [0.25, 0.3) is 10.6 Å². The maximum absolute atomic E-state index is 12.7. The Bertz CT molecular complexity index is 824. The lowest BCUT2D eigenvalue weighted by Gasteiger charge is -2.24. The maximum atomic E-state index is 12.7. The van der Waals surface area contributed by atoms with Crippen molar-refractivity contribution in [3.8, 4) is 10.6 Å². The fourth-order valence-corrected chi connectivity index (χ4v) is 3.31. The zero-order chi connectivity index (χ0) is 17.1. The van der Waals surface area contributed by atoms with E-state index in [9.17, 15) is 4.79 Å². The molecule has 1 amide bonds. The van der Waals surface area contributed by atoms with Crippen molar-refractivity contribution in [2.45, 2.75) is 19.9 Å². The van der Waals surface area contributed by atoms with Gasteiger partial charge in [0.1, 0.15) is 10.7 Å². The SMILES string of the molecule is Cc1ccc(-c2nc(C(=O)N(C)[C@H](C)c3ccccc3)cs2)cc1. The van der Waals surface area contributed by atoms with Crippen LogP contribution in [0.15, 0.2) is 60.0 Å². The third-order valence-corrected chi connectivity index (χ3v) is 5.10. The third kappa shape index (κ3) is 3.39. The molecule has 3 aromatic rings. The van der Waals surface area contributed by atoms with E-state index in [4.69, 9.17) is 0 Å². The van der Waals surface area contributed by atoms with Gasteiger partial charge in [-0.1, -0.05) is 60.2 Å². The van der Waals surface area contributed by atoms with Gasteiger partial charge < -0.3 is 4.90 Å². The zero-order valence-electron chi connectivity index (χ0n) is 14.1. The van der Waals surface area contributed by atoms with Crippen molar-refractivity contribution in [2.24, 2.45) is 0 Å². The fraction of sp³-hybridized carbons (Fsp3) is 0.200. The number of aromatic nitrogens is 1.